The number of hydrogen-bond acceptors (Lipinski definition) is 1. The molecule has 0 bridgehead atoms. The standard InChI is InChI=1S/C18H23O.2ClH.Ti/c1-5-15(14-10-6-7-11-14)16-12-8-9-13-17(16)19-18(2,3)4;;;/h6,8-10,12-13,15H,5,7H2,1-4H3;2*1H;/q-1;;;. The zero-order valence-electron chi connectivity index (χ0n) is 13.7. The van der Waals surface area contributed by atoms with Crippen LogP contribution in [0, 0.1) is 6.08 Å². The van der Waals surface area contributed by atoms with Gasteiger partial charge in [0.1, 0.15) is 11.4 Å². The van der Waals surface area contributed by atoms with E-state index in [0.29, 0.717) is 5.92 Å². The van der Waals surface area contributed by atoms with E-state index in [0.717, 1.165) is 18.6 Å². The maximum atomic E-state index is 6.11. The van der Waals surface area contributed by atoms with Gasteiger partial charge in [-0.1, -0.05) is 25.1 Å². The Kier molecular flexibility index (Phi) is 11.5. The molecule has 0 saturated carbocycles. The van der Waals surface area contributed by atoms with Crippen LogP contribution >= 0.6 is 24.8 Å². The van der Waals surface area contributed by atoms with E-state index in [9.17, 15) is 0 Å². The normalized spacial score (nSPS) is 14.1. The molecule has 0 amide bonds. The van der Waals surface area contributed by atoms with Crippen LogP contribution in [0.5, 0.6) is 5.75 Å². The quantitative estimate of drug-likeness (QED) is 0.471. The van der Waals surface area contributed by atoms with Crippen molar-refractivity contribution in [1.29, 1.82) is 0 Å². The first kappa shape index (κ1) is 24.1. The van der Waals surface area contributed by atoms with Crippen molar-refractivity contribution in [2.24, 2.45) is 0 Å². The summed E-state index contributed by atoms with van der Waals surface area (Å²) in [7, 11) is 0. The molecule has 1 aliphatic carbocycles. The predicted octanol–water partition coefficient (Wildman–Crippen LogP) is 5.89. The van der Waals surface area contributed by atoms with Gasteiger partial charge in [0.2, 0.25) is 0 Å². The van der Waals surface area contributed by atoms with Crippen molar-refractivity contribution in [3.8, 4) is 5.75 Å². The first-order valence-corrected chi connectivity index (χ1v) is 7.06. The molecule has 0 aliphatic heterocycles. The molecule has 0 fully saturated rings. The summed E-state index contributed by atoms with van der Waals surface area (Å²) in [5, 5.41) is 0. The van der Waals surface area contributed by atoms with Crippen molar-refractivity contribution in [2.75, 3.05) is 0 Å². The third kappa shape index (κ3) is 6.50. The predicted molar refractivity (Wildman–Crippen MR) is 94.9 cm³/mol. The summed E-state index contributed by atoms with van der Waals surface area (Å²) in [6.45, 7) is 8.49. The SMILES string of the molecule is CCC(C1=[C-]CC=C1)c1ccccc1OC(C)(C)C.Cl.Cl.[Ti]. The molecule has 0 aromatic heterocycles. The second-order valence-corrected chi connectivity index (χ2v) is 5.95. The van der Waals surface area contributed by atoms with Crippen LogP contribution in [-0.4, -0.2) is 5.60 Å². The fraction of sp³-hybridized carbons (Fsp3) is 0.444. The molecule has 1 atom stereocenters. The minimum absolute atomic E-state index is 0. The largest absolute Gasteiger partial charge is 0.488 e. The number of hydrogen-bond donors (Lipinski definition) is 0. The number of rotatable bonds is 4. The maximum Gasteiger partial charge on any atom is 0.123 e. The molecule has 22 heavy (non-hydrogen) atoms. The van der Waals surface area contributed by atoms with E-state index in [4.69, 9.17) is 4.74 Å². The van der Waals surface area contributed by atoms with Gasteiger partial charge in [-0.25, -0.2) is 11.6 Å². The molecule has 0 spiro atoms. The summed E-state index contributed by atoms with van der Waals surface area (Å²) in [5.41, 5.74) is 2.40. The van der Waals surface area contributed by atoms with E-state index < -0.39 is 0 Å². The number of ether oxygens (including phenoxy) is 1. The van der Waals surface area contributed by atoms with Crippen molar-refractivity contribution in [3.05, 3.63) is 53.6 Å². The van der Waals surface area contributed by atoms with Gasteiger partial charge >= 0.3 is 0 Å². The fourth-order valence-corrected chi connectivity index (χ4v) is 2.46. The van der Waals surface area contributed by atoms with E-state index in [-0.39, 0.29) is 52.1 Å². The summed E-state index contributed by atoms with van der Waals surface area (Å²) in [5.74, 6) is 1.38. The van der Waals surface area contributed by atoms with E-state index in [1.54, 1.807) is 0 Å². The number of halogens is 2. The molecule has 122 valence electrons. The number of benzene rings is 1. The van der Waals surface area contributed by atoms with Crippen LogP contribution in [0.2, 0.25) is 0 Å². The maximum absolute atomic E-state index is 6.11. The Balaban J connectivity index is 0. The third-order valence-corrected chi connectivity index (χ3v) is 3.22. The zero-order chi connectivity index (χ0) is 13.9. The molecule has 1 unspecified atom stereocenters. The number of para-hydroxylation sites is 1. The average Bonchev–Trinajstić information content (AvgIpc) is 2.84. The van der Waals surface area contributed by atoms with Crippen LogP contribution in [0.1, 0.15) is 52.0 Å². The van der Waals surface area contributed by atoms with E-state index in [1.165, 1.54) is 11.1 Å². The van der Waals surface area contributed by atoms with Crippen molar-refractivity contribution in [3.63, 3.8) is 0 Å². The molecule has 1 aromatic rings. The van der Waals surface area contributed by atoms with E-state index in [2.05, 4.69) is 64.1 Å². The first-order valence-electron chi connectivity index (χ1n) is 7.06. The zero-order valence-corrected chi connectivity index (χ0v) is 16.9. The summed E-state index contributed by atoms with van der Waals surface area (Å²) in [6.07, 6.45) is 9.82. The molecule has 0 N–H and O–H groups in total. The summed E-state index contributed by atoms with van der Waals surface area (Å²) in [6, 6.07) is 8.38. The van der Waals surface area contributed by atoms with Crippen molar-refractivity contribution >= 4 is 24.8 Å². The van der Waals surface area contributed by atoms with Crippen LogP contribution < -0.4 is 4.74 Å². The second-order valence-electron chi connectivity index (χ2n) is 5.95. The van der Waals surface area contributed by atoms with Crippen LogP contribution in [0.15, 0.2) is 42.0 Å². The molecule has 1 nitrogen and oxygen atoms in total. The Morgan fingerprint density at radius 2 is 1.82 bits per heavy atom. The van der Waals surface area contributed by atoms with E-state index >= 15 is 0 Å². The van der Waals surface area contributed by atoms with Gasteiger partial charge < -0.3 is 4.74 Å². The Morgan fingerprint density at radius 3 is 2.32 bits per heavy atom. The van der Waals surface area contributed by atoms with Crippen LogP contribution in [-0.2, 0) is 21.7 Å². The first-order chi connectivity index (χ1) is 9.01. The third-order valence-electron chi connectivity index (χ3n) is 3.22. The van der Waals surface area contributed by atoms with Crippen molar-refractivity contribution < 1.29 is 26.5 Å². The van der Waals surface area contributed by atoms with Gasteiger partial charge in [-0.2, -0.15) is 6.08 Å². The van der Waals surface area contributed by atoms with Gasteiger partial charge in [0.25, 0.3) is 0 Å². The molecular formula is C18H25Cl2OTi-. The molecule has 2 rings (SSSR count). The Morgan fingerprint density at radius 1 is 1.18 bits per heavy atom. The summed E-state index contributed by atoms with van der Waals surface area (Å²) in [4.78, 5) is 0. The van der Waals surface area contributed by atoms with Gasteiger partial charge in [0, 0.05) is 21.7 Å². The topological polar surface area (TPSA) is 9.23 Å². The molecule has 0 saturated heterocycles. The second kappa shape index (κ2) is 10.5. The van der Waals surface area contributed by atoms with Gasteiger partial charge in [-0.15, -0.1) is 31.2 Å². The molecule has 0 heterocycles. The van der Waals surface area contributed by atoms with Gasteiger partial charge in [0.15, 0.2) is 0 Å². The monoisotopic (exact) mass is 375 g/mol. The molecule has 1 aromatic carbocycles. The Labute approximate surface area is 162 Å². The van der Waals surface area contributed by atoms with Gasteiger partial charge in [-0.3, -0.25) is 6.08 Å². The Bertz CT molecular complexity index is 504. The van der Waals surface area contributed by atoms with Crippen LogP contribution in [0.25, 0.3) is 0 Å². The summed E-state index contributed by atoms with van der Waals surface area (Å²) < 4.78 is 6.11. The minimum atomic E-state index is -0.169. The van der Waals surface area contributed by atoms with Gasteiger partial charge in [0.05, 0.1) is 0 Å². The van der Waals surface area contributed by atoms with Crippen molar-refractivity contribution in [2.45, 2.75) is 52.1 Å². The number of allylic oxidation sites excluding steroid dienone is 4. The van der Waals surface area contributed by atoms with Crippen LogP contribution in [0.4, 0.5) is 0 Å². The van der Waals surface area contributed by atoms with Crippen molar-refractivity contribution in [1.82, 2.24) is 0 Å². The van der Waals surface area contributed by atoms with Gasteiger partial charge in [-0.05, 0) is 44.7 Å². The summed E-state index contributed by atoms with van der Waals surface area (Å²) >= 11 is 0. The van der Waals surface area contributed by atoms with E-state index in [1.807, 2.05) is 6.07 Å². The molecule has 0 radical (unpaired) electrons. The van der Waals surface area contributed by atoms with Crippen LogP contribution in [0.3, 0.4) is 0 Å². The smallest absolute Gasteiger partial charge is 0.123 e. The Hall–Kier alpha value is -0.206. The molecule has 4 heteroatoms. The average molecular weight is 376 g/mol. The molecule has 1 aliphatic rings. The fourth-order valence-electron chi connectivity index (χ4n) is 2.46. The minimum Gasteiger partial charge on any atom is -0.488 e. The molecular weight excluding hydrogens is 351 g/mol.